The molecule has 0 spiro atoms. The number of non-ortho nitro benzene ring substituents is 1. The Hall–Kier alpha value is -3.42. The van der Waals surface area contributed by atoms with Crippen LogP contribution in [0, 0.1) is 21.4 Å². The van der Waals surface area contributed by atoms with Gasteiger partial charge in [0.15, 0.2) is 0 Å². The van der Waals surface area contributed by atoms with E-state index in [1.807, 2.05) is 6.07 Å². The van der Waals surface area contributed by atoms with Crippen molar-refractivity contribution in [2.75, 3.05) is 5.32 Å². The second kappa shape index (κ2) is 8.52. The Morgan fingerprint density at radius 3 is 2.73 bits per heavy atom. The van der Waals surface area contributed by atoms with Crippen LogP contribution in [0.1, 0.15) is 10.6 Å². The van der Waals surface area contributed by atoms with Gasteiger partial charge in [-0.25, -0.2) is 4.98 Å². The van der Waals surface area contributed by atoms with Gasteiger partial charge in [0, 0.05) is 29.3 Å². The number of thiazole rings is 1. The summed E-state index contributed by atoms with van der Waals surface area (Å²) >= 11 is 7.05. The molecule has 3 rings (SSSR count). The van der Waals surface area contributed by atoms with Crippen molar-refractivity contribution in [2.45, 2.75) is 6.18 Å². The molecule has 0 aliphatic heterocycles. The summed E-state index contributed by atoms with van der Waals surface area (Å²) in [7, 11) is 0. The van der Waals surface area contributed by atoms with Gasteiger partial charge in [0.2, 0.25) is 0 Å². The van der Waals surface area contributed by atoms with Gasteiger partial charge in [-0.2, -0.15) is 18.4 Å². The minimum atomic E-state index is -4.54. The molecule has 0 saturated heterocycles. The molecule has 1 aromatic heterocycles. The molecule has 0 aliphatic rings. The molecular weight excluding hydrogens is 441 g/mol. The maximum atomic E-state index is 12.9. The molecule has 0 amide bonds. The molecule has 1 N–H and O–H groups in total. The second-order valence-corrected chi connectivity index (χ2v) is 7.12. The van der Waals surface area contributed by atoms with Crippen molar-refractivity contribution in [3.05, 3.63) is 79.8 Å². The third-order valence-electron chi connectivity index (χ3n) is 3.87. The summed E-state index contributed by atoms with van der Waals surface area (Å²) in [5.74, 6) is 0. The molecule has 11 heteroatoms. The molecule has 0 atom stereocenters. The summed E-state index contributed by atoms with van der Waals surface area (Å²) in [6.45, 7) is 0. The average molecular weight is 451 g/mol. The maximum absolute atomic E-state index is 12.9. The van der Waals surface area contributed by atoms with Crippen LogP contribution in [-0.2, 0) is 6.18 Å². The standard InChI is InChI=1S/C19H10ClF3N4O2S/c20-15-5-4-13(19(21,22)23)7-16(15)25-9-12(8-24)18-26-17(10-30-18)11-2-1-3-14(6-11)27(28)29/h1-7,9-10,25H. The van der Waals surface area contributed by atoms with Gasteiger partial charge >= 0.3 is 6.18 Å². The zero-order valence-electron chi connectivity index (χ0n) is 14.8. The van der Waals surface area contributed by atoms with Gasteiger partial charge in [0.25, 0.3) is 5.69 Å². The molecule has 0 aliphatic carbocycles. The Bertz CT molecular complexity index is 1190. The lowest BCUT2D eigenvalue weighted by Crippen LogP contribution is -2.05. The number of benzene rings is 2. The average Bonchev–Trinajstić information content (AvgIpc) is 3.19. The maximum Gasteiger partial charge on any atom is 0.416 e. The Kier molecular flexibility index (Phi) is 6.05. The van der Waals surface area contributed by atoms with Gasteiger partial charge in [0.05, 0.1) is 26.9 Å². The second-order valence-electron chi connectivity index (χ2n) is 5.85. The number of allylic oxidation sites excluding steroid dienone is 1. The summed E-state index contributed by atoms with van der Waals surface area (Å²) in [6, 6.07) is 10.6. The predicted octanol–water partition coefficient (Wildman–Crippen LogP) is 6.37. The van der Waals surface area contributed by atoms with Crippen LogP contribution in [0.15, 0.2) is 54.0 Å². The Labute approximate surface area is 177 Å². The first kappa shape index (κ1) is 21.3. The van der Waals surface area contributed by atoms with Crippen molar-refractivity contribution >= 4 is 39.9 Å². The van der Waals surface area contributed by atoms with Gasteiger partial charge in [-0.3, -0.25) is 10.1 Å². The molecule has 0 bridgehead atoms. The number of anilines is 1. The number of aromatic nitrogens is 1. The molecule has 0 radical (unpaired) electrons. The first-order chi connectivity index (χ1) is 14.2. The zero-order valence-corrected chi connectivity index (χ0v) is 16.3. The van der Waals surface area contributed by atoms with Crippen molar-refractivity contribution < 1.29 is 18.1 Å². The molecular formula is C19H10ClF3N4O2S. The van der Waals surface area contributed by atoms with Gasteiger partial charge in [-0.15, -0.1) is 11.3 Å². The highest BCUT2D eigenvalue weighted by Gasteiger charge is 2.30. The van der Waals surface area contributed by atoms with Gasteiger partial charge < -0.3 is 5.32 Å². The Morgan fingerprint density at radius 1 is 1.30 bits per heavy atom. The van der Waals surface area contributed by atoms with E-state index in [0.717, 1.165) is 29.5 Å². The van der Waals surface area contributed by atoms with Crippen molar-refractivity contribution in [2.24, 2.45) is 0 Å². The molecule has 3 aromatic rings. The largest absolute Gasteiger partial charge is 0.416 e. The van der Waals surface area contributed by atoms with Crippen LogP contribution in [0.4, 0.5) is 24.5 Å². The van der Waals surface area contributed by atoms with Gasteiger partial charge in [0.1, 0.15) is 16.6 Å². The highest BCUT2D eigenvalue weighted by atomic mass is 35.5. The summed E-state index contributed by atoms with van der Waals surface area (Å²) in [5, 5.41) is 24.9. The van der Waals surface area contributed by atoms with Gasteiger partial charge in [-0.05, 0) is 18.2 Å². The van der Waals surface area contributed by atoms with Crippen molar-refractivity contribution in [1.82, 2.24) is 4.98 Å². The number of hydrogen-bond donors (Lipinski definition) is 1. The van der Waals surface area contributed by atoms with E-state index < -0.39 is 16.7 Å². The van der Waals surface area contributed by atoms with Crippen molar-refractivity contribution in [3.63, 3.8) is 0 Å². The van der Waals surface area contributed by atoms with Crippen LogP contribution in [0.25, 0.3) is 16.8 Å². The quantitative estimate of drug-likeness (QED) is 0.277. The molecule has 6 nitrogen and oxygen atoms in total. The predicted molar refractivity (Wildman–Crippen MR) is 108 cm³/mol. The number of halogens is 4. The molecule has 1 heterocycles. The summed E-state index contributed by atoms with van der Waals surface area (Å²) in [6.07, 6.45) is -3.33. The number of nitrogens with one attached hydrogen (secondary N) is 1. The van der Waals surface area contributed by atoms with E-state index in [4.69, 9.17) is 11.6 Å². The number of nitro benzene ring substituents is 1. The smallest absolute Gasteiger partial charge is 0.359 e. The van der Waals surface area contributed by atoms with Crippen LogP contribution < -0.4 is 5.32 Å². The molecule has 152 valence electrons. The van der Waals surface area contributed by atoms with Crippen LogP contribution in [-0.4, -0.2) is 9.91 Å². The lowest BCUT2D eigenvalue weighted by atomic mass is 10.1. The first-order valence-electron chi connectivity index (χ1n) is 8.13. The Balaban J connectivity index is 1.88. The van der Waals surface area contributed by atoms with Crippen molar-refractivity contribution in [3.8, 4) is 17.3 Å². The van der Waals surface area contributed by atoms with E-state index in [9.17, 15) is 28.5 Å². The SMILES string of the molecule is N#CC(=CNc1cc(C(F)(F)F)ccc1Cl)c1nc(-c2cccc([N+](=O)[O-])c2)cs1. The fraction of sp³-hybridized carbons (Fsp3) is 0.0526. The number of hydrogen-bond acceptors (Lipinski definition) is 6. The highest BCUT2D eigenvalue weighted by Crippen LogP contribution is 2.34. The third kappa shape index (κ3) is 4.76. The van der Waals surface area contributed by atoms with E-state index in [-0.39, 0.29) is 27.0 Å². The molecule has 2 aromatic carbocycles. The number of nitriles is 1. The molecule has 0 fully saturated rings. The van der Waals surface area contributed by atoms with Crippen LogP contribution in [0.2, 0.25) is 5.02 Å². The highest BCUT2D eigenvalue weighted by molar-refractivity contribution is 7.11. The van der Waals surface area contributed by atoms with E-state index in [2.05, 4.69) is 10.3 Å². The lowest BCUT2D eigenvalue weighted by Gasteiger charge is -2.10. The minimum Gasteiger partial charge on any atom is -0.359 e. The zero-order chi connectivity index (χ0) is 21.9. The van der Waals surface area contributed by atoms with Crippen LogP contribution in [0.5, 0.6) is 0 Å². The lowest BCUT2D eigenvalue weighted by molar-refractivity contribution is -0.384. The Morgan fingerprint density at radius 2 is 2.07 bits per heavy atom. The monoisotopic (exact) mass is 450 g/mol. The summed E-state index contributed by atoms with van der Waals surface area (Å²) in [4.78, 5) is 14.7. The van der Waals surface area contributed by atoms with Crippen LogP contribution >= 0.6 is 22.9 Å². The number of nitrogens with zero attached hydrogens (tertiary/aromatic N) is 3. The molecule has 0 unspecified atom stereocenters. The third-order valence-corrected chi connectivity index (χ3v) is 5.08. The van der Waals surface area contributed by atoms with Gasteiger partial charge in [-0.1, -0.05) is 23.7 Å². The number of rotatable bonds is 5. The topological polar surface area (TPSA) is 91.8 Å². The van der Waals surface area contributed by atoms with E-state index in [1.54, 1.807) is 11.4 Å². The number of alkyl halides is 3. The van der Waals surface area contributed by atoms with E-state index >= 15 is 0 Å². The van der Waals surface area contributed by atoms with E-state index in [0.29, 0.717) is 11.3 Å². The number of nitro groups is 1. The molecule has 30 heavy (non-hydrogen) atoms. The fourth-order valence-corrected chi connectivity index (χ4v) is 3.38. The normalized spacial score (nSPS) is 11.8. The van der Waals surface area contributed by atoms with Crippen molar-refractivity contribution in [1.29, 1.82) is 5.26 Å². The molecule has 0 saturated carbocycles. The summed E-state index contributed by atoms with van der Waals surface area (Å²) in [5.41, 5.74) is -0.0165. The summed E-state index contributed by atoms with van der Waals surface area (Å²) < 4.78 is 38.6. The fourth-order valence-electron chi connectivity index (χ4n) is 2.41. The van der Waals surface area contributed by atoms with Crippen LogP contribution in [0.3, 0.4) is 0 Å². The minimum absolute atomic E-state index is 0.0188. The first-order valence-corrected chi connectivity index (χ1v) is 9.39. The van der Waals surface area contributed by atoms with E-state index in [1.165, 1.54) is 24.4 Å².